The van der Waals surface area contributed by atoms with E-state index in [1.807, 2.05) is 60.7 Å². The number of nitrogens with one attached hydrogen (secondary N) is 5. The molecule has 0 saturated heterocycles. The molecular weight excluding hydrogens is 855 g/mol. The Morgan fingerprint density at radius 3 is 1.96 bits per heavy atom. The molecule has 0 aliphatic rings. The van der Waals surface area contributed by atoms with Gasteiger partial charge in [-0.1, -0.05) is 124 Å². The quantitative estimate of drug-likeness (QED) is 0.0200. The van der Waals surface area contributed by atoms with Crippen LogP contribution in [0, 0.1) is 5.92 Å². The second-order valence-corrected chi connectivity index (χ2v) is 16.9. The Morgan fingerprint density at radius 1 is 0.612 bits per heavy atom. The lowest BCUT2D eigenvalue weighted by molar-refractivity contribution is -0.149. The number of carbonyl (C=O) groups excluding carboxylic acids is 6. The van der Waals surface area contributed by atoms with Gasteiger partial charge in [-0.15, -0.1) is 0 Å². The van der Waals surface area contributed by atoms with Gasteiger partial charge in [-0.3, -0.25) is 24.0 Å². The van der Waals surface area contributed by atoms with Crippen LogP contribution in [0.5, 0.6) is 0 Å². The van der Waals surface area contributed by atoms with Crippen molar-refractivity contribution in [3.63, 3.8) is 0 Å². The molecule has 1 aromatic heterocycles. The molecule has 4 aromatic rings. The third-order valence-electron chi connectivity index (χ3n) is 11.5. The average molecular weight is 924 g/mol. The zero-order valence-electron chi connectivity index (χ0n) is 38.9. The molecule has 6 N–H and O–H groups in total. The minimum absolute atomic E-state index is 0.00642. The van der Waals surface area contributed by atoms with Gasteiger partial charge < -0.3 is 40.8 Å². The van der Waals surface area contributed by atoms with E-state index in [1.165, 1.54) is 25.7 Å². The average Bonchev–Trinajstić information content (AvgIpc) is 3.74. The SMILES string of the molecule is CCCCCCCCCC(=O)NCCCC[C@H](NC(=O)OCc1ccccc1)C(=O)C[C@H](Cc1c[nH]c2ccccc12)C(=O)NCC[C@@H](NC(=O)CCCC(=O)O)C(=O)OCc1ccccc1. The highest BCUT2D eigenvalue weighted by molar-refractivity contribution is 5.92. The first-order valence-corrected chi connectivity index (χ1v) is 23.8. The number of carboxylic acid groups (broad SMARTS) is 1. The second kappa shape index (κ2) is 30.6. The predicted octanol–water partition coefficient (Wildman–Crippen LogP) is 8.00. The lowest BCUT2D eigenvalue weighted by atomic mass is 9.90. The number of aliphatic carboxylic acids is 1. The van der Waals surface area contributed by atoms with E-state index in [4.69, 9.17) is 14.6 Å². The Balaban J connectivity index is 1.43. The van der Waals surface area contributed by atoms with Crippen LogP contribution in [0.4, 0.5) is 4.79 Å². The van der Waals surface area contributed by atoms with Gasteiger partial charge in [-0.25, -0.2) is 9.59 Å². The fourth-order valence-corrected chi connectivity index (χ4v) is 7.69. The monoisotopic (exact) mass is 924 g/mol. The zero-order valence-corrected chi connectivity index (χ0v) is 38.9. The summed E-state index contributed by atoms with van der Waals surface area (Å²) in [6.07, 6.45) is 10.2. The van der Waals surface area contributed by atoms with Crippen molar-refractivity contribution < 1.29 is 48.1 Å². The van der Waals surface area contributed by atoms with Crippen LogP contribution in [-0.2, 0) is 57.9 Å². The van der Waals surface area contributed by atoms with E-state index in [-0.39, 0.29) is 76.4 Å². The van der Waals surface area contributed by atoms with E-state index in [2.05, 4.69) is 33.2 Å². The Morgan fingerprint density at radius 2 is 1.25 bits per heavy atom. The molecule has 0 bridgehead atoms. The summed E-state index contributed by atoms with van der Waals surface area (Å²) in [6, 6.07) is 23.6. The zero-order chi connectivity index (χ0) is 48.1. The van der Waals surface area contributed by atoms with Crippen LogP contribution in [0.2, 0.25) is 0 Å². The number of benzene rings is 3. The van der Waals surface area contributed by atoms with Gasteiger partial charge in [0.15, 0.2) is 5.78 Å². The lowest BCUT2D eigenvalue weighted by Gasteiger charge is -2.22. The fourth-order valence-electron chi connectivity index (χ4n) is 7.69. The van der Waals surface area contributed by atoms with E-state index in [1.54, 1.807) is 30.5 Å². The van der Waals surface area contributed by atoms with Crippen LogP contribution in [-0.4, -0.2) is 76.8 Å². The largest absolute Gasteiger partial charge is 0.481 e. The molecule has 0 fully saturated rings. The number of fused-ring (bicyclic) bond motifs is 1. The van der Waals surface area contributed by atoms with Gasteiger partial charge in [0.25, 0.3) is 0 Å². The number of ketones is 1. The molecule has 15 heteroatoms. The van der Waals surface area contributed by atoms with Crippen LogP contribution < -0.4 is 21.3 Å². The Labute approximate surface area is 393 Å². The van der Waals surface area contributed by atoms with Crippen molar-refractivity contribution in [3.8, 4) is 0 Å². The summed E-state index contributed by atoms with van der Waals surface area (Å²) in [5.74, 6) is -4.08. The van der Waals surface area contributed by atoms with Crippen molar-refractivity contribution in [2.45, 2.75) is 141 Å². The van der Waals surface area contributed by atoms with Gasteiger partial charge in [0.05, 0.1) is 6.04 Å². The third-order valence-corrected chi connectivity index (χ3v) is 11.5. The van der Waals surface area contributed by atoms with Crippen LogP contribution in [0.15, 0.2) is 91.1 Å². The summed E-state index contributed by atoms with van der Waals surface area (Å²) in [5, 5.41) is 21.1. The molecule has 0 aliphatic carbocycles. The van der Waals surface area contributed by atoms with Crippen molar-refractivity contribution in [3.05, 3.63) is 108 Å². The molecule has 1 heterocycles. The highest BCUT2D eigenvalue weighted by atomic mass is 16.5. The number of carbonyl (C=O) groups is 7. The molecular formula is C52H69N5O10. The van der Waals surface area contributed by atoms with E-state index < -0.39 is 47.8 Å². The molecule has 3 aromatic carbocycles. The first-order chi connectivity index (χ1) is 32.5. The molecule has 0 spiro atoms. The van der Waals surface area contributed by atoms with Crippen LogP contribution in [0.25, 0.3) is 10.9 Å². The predicted molar refractivity (Wildman–Crippen MR) is 255 cm³/mol. The van der Waals surface area contributed by atoms with Gasteiger partial charge in [-0.2, -0.15) is 0 Å². The number of H-pyrrole nitrogens is 1. The first-order valence-electron chi connectivity index (χ1n) is 23.8. The normalized spacial score (nSPS) is 12.3. The standard InChI is InChI=1S/C52H69N5O10/c1-2-3-4-5-6-7-14-27-47(59)53-31-18-17-26-44(57-52(65)67-37-39-22-12-9-13-23-39)46(58)34-40(33-41-35-55-43-25-16-15-24-42(41)43)50(63)54-32-30-45(56-48(60)28-19-29-49(61)62)51(64)66-36-38-20-10-8-11-21-38/h8-13,15-16,20-25,35,40,44-45,55H,2-7,14,17-19,26-34,36-37H2,1H3,(H,53,59)(H,54,63)(H,56,60)(H,57,65)(H,61,62)/t40-,44-,45+/m0/s1. The fraction of sp³-hybridized carbons (Fsp3) is 0.481. The summed E-state index contributed by atoms with van der Waals surface area (Å²) in [4.78, 5) is 94.5. The molecule has 3 atom stereocenters. The summed E-state index contributed by atoms with van der Waals surface area (Å²) >= 11 is 0. The highest BCUT2D eigenvalue weighted by Crippen LogP contribution is 2.24. The van der Waals surface area contributed by atoms with Crippen molar-refractivity contribution in [1.29, 1.82) is 0 Å². The molecule has 362 valence electrons. The number of alkyl carbamates (subject to hydrolysis) is 1. The number of hydrogen-bond acceptors (Lipinski definition) is 9. The van der Waals surface area contributed by atoms with Gasteiger partial charge in [-0.05, 0) is 67.7 Å². The van der Waals surface area contributed by atoms with Gasteiger partial charge in [0.2, 0.25) is 17.7 Å². The number of aromatic nitrogens is 1. The number of ether oxygens (including phenoxy) is 2. The number of hydrogen-bond donors (Lipinski definition) is 6. The number of unbranched alkanes of at least 4 members (excludes halogenated alkanes) is 7. The van der Waals surface area contributed by atoms with Gasteiger partial charge >= 0.3 is 18.0 Å². The number of aromatic amines is 1. The number of Topliss-reactive ketones (excluding diaryl/α,β-unsaturated/α-hetero) is 1. The Bertz CT molecular complexity index is 2140. The van der Waals surface area contributed by atoms with Crippen molar-refractivity contribution in [2.24, 2.45) is 5.92 Å². The lowest BCUT2D eigenvalue weighted by Crippen LogP contribution is -2.45. The molecule has 4 rings (SSSR count). The number of carboxylic acids is 1. The number of para-hydroxylation sites is 1. The summed E-state index contributed by atoms with van der Waals surface area (Å²) in [5.41, 5.74) is 3.17. The Hall–Kier alpha value is -6.51. The van der Waals surface area contributed by atoms with Crippen LogP contribution >= 0.6 is 0 Å². The first kappa shape index (κ1) is 53.1. The number of esters is 1. The highest BCUT2D eigenvalue weighted by Gasteiger charge is 2.30. The number of amides is 4. The van der Waals surface area contributed by atoms with E-state index in [9.17, 15) is 33.6 Å². The molecule has 4 amide bonds. The molecule has 0 aliphatic heterocycles. The maximum atomic E-state index is 14.3. The van der Waals surface area contributed by atoms with E-state index in [0.717, 1.165) is 46.9 Å². The van der Waals surface area contributed by atoms with Crippen molar-refractivity contribution in [2.75, 3.05) is 13.1 Å². The summed E-state index contributed by atoms with van der Waals surface area (Å²) in [7, 11) is 0. The van der Waals surface area contributed by atoms with Crippen LogP contribution in [0.3, 0.4) is 0 Å². The molecule has 0 radical (unpaired) electrons. The third kappa shape index (κ3) is 21.1. The van der Waals surface area contributed by atoms with Gasteiger partial charge in [0, 0.05) is 61.8 Å². The minimum Gasteiger partial charge on any atom is -0.481 e. The molecule has 15 nitrogen and oxygen atoms in total. The molecule has 0 unspecified atom stereocenters. The van der Waals surface area contributed by atoms with Crippen molar-refractivity contribution >= 4 is 52.4 Å². The second-order valence-electron chi connectivity index (χ2n) is 16.9. The smallest absolute Gasteiger partial charge is 0.408 e. The molecule has 67 heavy (non-hydrogen) atoms. The summed E-state index contributed by atoms with van der Waals surface area (Å²) < 4.78 is 11.0. The van der Waals surface area contributed by atoms with Crippen molar-refractivity contribution in [1.82, 2.24) is 26.3 Å². The number of rotatable bonds is 33. The van der Waals surface area contributed by atoms with E-state index in [0.29, 0.717) is 25.8 Å². The maximum Gasteiger partial charge on any atom is 0.408 e. The van der Waals surface area contributed by atoms with Crippen LogP contribution in [0.1, 0.15) is 126 Å². The minimum atomic E-state index is -1.16. The molecule has 0 saturated carbocycles. The van der Waals surface area contributed by atoms with E-state index >= 15 is 0 Å². The summed E-state index contributed by atoms with van der Waals surface area (Å²) in [6.45, 7) is 2.48. The van der Waals surface area contributed by atoms with Gasteiger partial charge in [0.1, 0.15) is 19.3 Å². The topological polar surface area (TPSA) is 222 Å². The Kier molecular flexibility index (Phi) is 24.3. The maximum absolute atomic E-state index is 14.3.